The molecule has 0 bridgehead atoms. The van der Waals surface area contributed by atoms with E-state index in [1.165, 1.54) is 12.8 Å². The van der Waals surface area contributed by atoms with E-state index in [0.29, 0.717) is 28.6 Å². The number of methoxy groups -OCH3 is 1. The van der Waals surface area contributed by atoms with Gasteiger partial charge in [0.2, 0.25) is 0 Å². The fraction of sp³-hybridized carbons (Fsp3) is 0.409. The Morgan fingerprint density at radius 2 is 1.81 bits per heavy atom. The van der Waals surface area contributed by atoms with Crippen molar-refractivity contribution in [2.24, 2.45) is 0 Å². The van der Waals surface area contributed by atoms with E-state index in [4.69, 9.17) is 16.3 Å². The summed E-state index contributed by atoms with van der Waals surface area (Å²) in [6, 6.07) is 7.60. The highest BCUT2D eigenvalue weighted by Crippen LogP contribution is 2.30. The van der Waals surface area contributed by atoms with Gasteiger partial charge >= 0.3 is 0 Å². The fourth-order valence-electron chi connectivity index (χ4n) is 4.43. The number of fused-ring (bicyclic) bond motifs is 3. The third kappa shape index (κ3) is 3.59. The van der Waals surface area contributed by atoms with Gasteiger partial charge in [0.15, 0.2) is 16.8 Å². The van der Waals surface area contributed by atoms with Gasteiger partial charge in [0.1, 0.15) is 6.33 Å². The summed E-state index contributed by atoms with van der Waals surface area (Å²) in [5, 5.41) is 14.0. The lowest BCUT2D eigenvalue weighted by Crippen LogP contribution is -2.26. The number of hydrogen-bond acceptors (Lipinski definition) is 6. The largest absolute Gasteiger partial charge is 0.378 e. The van der Waals surface area contributed by atoms with Crippen LogP contribution in [0, 0.1) is 0 Å². The van der Waals surface area contributed by atoms with Gasteiger partial charge in [-0.25, -0.2) is 4.98 Å². The molecule has 1 fully saturated rings. The van der Waals surface area contributed by atoms with Gasteiger partial charge < -0.3 is 4.74 Å². The number of ether oxygens (including phenoxy) is 1. The van der Waals surface area contributed by atoms with Crippen LogP contribution in [0.4, 0.5) is 0 Å². The van der Waals surface area contributed by atoms with Gasteiger partial charge in [-0.15, -0.1) is 10.2 Å². The summed E-state index contributed by atoms with van der Waals surface area (Å²) in [5.41, 5.74) is 3.38. The number of benzene rings is 1. The molecular weight excluding hydrogens is 416 g/mol. The lowest BCUT2D eigenvalue weighted by atomic mass is 10.1. The second-order valence-corrected chi connectivity index (χ2v) is 8.41. The average molecular weight is 439 g/mol. The summed E-state index contributed by atoms with van der Waals surface area (Å²) in [6.45, 7) is 0.294. The fourth-order valence-corrected chi connectivity index (χ4v) is 4.55. The van der Waals surface area contributed by atoms with Gasteiger partial charge in [-0.05, 0) is 30.5 Å². The van der Waals surface area contributed by atoms with E-state index >= 15 is 0 Å². The first-order valence-electron chi connectivity index (χ1n) is 10.6. The summed E-state index contributed by atoms with van der Waals surface area (Å²) in [7, 11) is 1.61. The molecule has 0 atom stereocenters. The molecule has 0 aliphatic heterocycles. The van der Waals surface area contributed by atoms with Gasteiger partial charge in [-0.3, -0.25) is 9.36 Å². The first kappa shape index (κ1) is 20.1. The lowest BCUT2D eigenvalue weighted by molar-refractivity contribution is 0.181. The van der Waals surface area contributed by atoms with Crippen LogP contribution in [0.25, 0.3) is 27.9 Å². The third-order valence-electron chi connectivity index (χ3n) is 5.96. The predicted octanol–water partition coefficient (Wildman–Crippen LogP) is 4.20. The molecule has 1 aliphatic carbocycles. The summed E-state index contributed by atoms with van der Waals surface area (Å²) in [4.78, 5) is 17.8. The van der Waals surface area contributed by atoms with Gasteiger partial charge in [-0.2, -0.15) is 9.61 Å². The molecule has 1 aromatic carbocycles. The number of hydrogen-bond donors (Lipinski definition) is 0. The van der Waals surface area contributed by atoms with Crippen LogP contribution in [-0.2, 0) is 11.3 Å². The number of halogens is 1. The Hall–Kier alpha value is -2.84. The van der Waals surface area contributed by atoms with Crippen molar-refractivity contribution in [3.8, 4) is 11.1 Å². The molecule has 0 amide bonds. The average Bonchev–Trinajstić information content (AvgIpc) is 2.94. The van der Waals surface area contributed by atoms with Crippen LogP contribution in [0.2, 0.25) is 5.02 Å². The van der Waals surface area contributed by atoms with Gasteiger partial charge in [0.25, 0.3) is 5.56 Å². The predicted molar refractivity (Wildman–Crippen MR) is 118 cm³/mol. The highest BCUT2D eigenvalue weighted by atomic mass is 35.5. The summed E-state index contributed by atoms with van der Waals surface area (Å²) in [5.74, 6) is 0. The molecule has 3 aromatic heterocycles. The van der Waals surface area contributed by atoms with Crippen LogP contribution in [-0.4, -0.2) is 36.5 Å². The van der Waals surface area contributed by atoms with Gasteiger partial charge in [0.05, 0.1) is 17.9 Å². The summed E-state index contributed by atoms with van der Waals surface area (Å²) >= 11 is 6.06. The minimum atomic E-state index is -0.164. The van der Waals surface area contributed by atoms with Crippen LogP contribution in [0.5, 0.6) is 0 Å². The minimum Gasteiger partial charge on any atom is -0.378 e. The second-order valence-electron chi connectivity index (χ2n) is 7.97. The molecular formula is C22H23ClN6O2. The molecule has 31 heavy (non-hydrogen) atoms. The molecule has 0 saturated heterocycles. The smallest absolute Gasteiger partial charge is 0.283 e. The number of nitrogens with zero attached hydrogens (tertiary/aromatic N) is 6. The Morgan fingerprint density at radius 3 is 2.52 bits per heavy atom. The van der Waals surface area contributed by atoms with Crippen LogP contribution in [0.3, 0.4) is 0 Å². The van der Waals surface area contributed by atoms with E-state index in [0.717, 1.165) is 36.8 Å². The topological polar surface area (TPSA) is 87.2 Å². The van der Waals surface area contributed by atoms with E-state index in [-0.39, 0.29) is 17.1 Å². The van der Waals surface area contributed by atoms with Crippen LogP contribution in [0.1, 0.15) is 50.3 Å². The SMILES string of the molecule is COCc1nn2c(nnc3c(=O)n(C4CCCCCC4)cnc32)c1-c1ccc(Cl)cc1. The zero-order chi connectivity index (χ0) is 21.4. The Labute approximate surface area is 183 Å². The van der Waals surface area contributed by atoms with Crippen molar-refractivity contribution in [3.05, 3.63) is 51.7 Å². The molecule has 0 radical (unpaired) electrons. The molecule has 0 unspecified atom stereocenters. The molecule has 4 aromatic rings. The highest BCUT2D eigenvalue weighted by molar-refractivity contribution is 6.30. The highest BCUT2D eigenvalue weighted by Gasteiger charge is 2.22. The molecule has 3 heterocycles. The Balaban J connectivity index is 1.69. The lowest BCUT2D eigenvalue weighted by Gasteiger charge is -2.17. The third-order valence-corrected chi connectivity index (χ3v) is 6.22. The molecule has 0 spiro atoms. The van der Waals surface area contributed by atoms with E-state index in [1.807, 2.05) is 24.3 Å². The van der Waals surface area contributed by atoms with Crippen molar-refractivity contribution in [1.29, 1.82) is 0 Å². The van der Waals surface area contributed by atoms with E-state index in [9.17, 15) is 4.79 Å². The molecule has 9 heteroatoms. The quantitative estimate of drug-likeness (QED) is 0.444. The maximum absolute atomic E-state index is 13.2. The van der Waals surface area contributed by atoms with Crippen molar-refractivity contribution in [3.63, 3.8) is 0 Å². The molecule has 1 aliphatic rings. The van der Waals surface area contributed by atoms with Crippen LogP contribution < -0.4 is 5.56 Å². The van der Waals surface area contributed by atoms with Gasteiger partial charge in [-0.1, -0.05) is 49.4 Å². The first-order chi connectivity index (χ1) is 15.2. The Bertz CT molecular complexity index is 1290. The Morgan fingerprint density at radius 1 is 1.06 bits per heavy atom. The van der Waals surface area contributed by atoms with Crippen molar-refractivity contribution < 1.29 is 4.74 Å². The maximum atomic E-state index is 13.2. The van der Waals surface area contributed by atoms with Crippen molar-refractivity contribution in [2.45, 2.75) is 51.2 Å². The summed E-state index contributed by atoms with van der Waals surface area (Å²) in [6.07, 6.45) is 8.31. The Kier molecular flexibility index (Phi) is 5.41. The van der Waals surface area contributed by atoms with Crippen molar-refractivity contribution >= 4 is 28.4 Å². The second kappa shape index (κ2) is 8.36. The van der Waals surface area contributed by atoms with Crippen molar-refractivity contribution in [2.75, 3.05) is 7.11 Å². The normalized spacial score (nSPS) is 15.5. The minimum absolute atomic E-state index is 0.163. The molecule has 5 rings (SSSR count). The van der Waals surface area contributed by atoms with Crippen LogP contribution in [0.15, 0.2) is 35.4 Å². The van der Waals surface area contributed by atoms with E-state index in [1.54, 1.807) is 22.5 Å². The zero-order valence-corrected chi connectivity index (χ0v) is 18.0. The number of aromatic nitrogens is 6. The maximum Gasteiger partial charge on any atom is 0.283 e. The molecule has 1 saturated carbocycles. The zero-order valence-electron chi connectivity index (χ0n) is 17.3. The van der Waals surface area contributed by atoms with E-state index in [2.05, 4.69) is 20.3 Å². The van der Waals surface area contributed by atoms with Gasteiger partial charge in [0, 0.05) is 18.2 Å². The van der Waals surface area contributed by atoms with E-state index < -0.39 is 0 Å². The molecule has 160 valence electrons. The molecule has 8 nitrogen and oxygen atoms in total. The first-order valence-corrected chi connectivity index (χ1v) is 10.9. The van der Waals surface area contributed by atoms with Crippen LogP contribution >= 0.6 is 11.6 Å². The molecule has 0 N–H and O–H groups in total. The van der Waals surface area contributed by atoms with Crippen molar-refractivity contribution in [1.82, 2.24) is 29.4 Å². The number of rotatable bonds is 4. The standard InChI is InChI=1S/C22H23ClN6O2/c1-31-12-17-18(14-8-10-15(23)11-9-14)20-26-25-19-21(29(20)27-17)24-13-28(22(19)30)16-6-4-2-3-5-7-16/h8-11,13,16H,2-7,12H2,1H3. The summed E-state index contributed by atoms with van der Waals surface area (Å²) < 4.78 is 8.68. The monoisotopic (exact) mass is 438 g/mol.